The number of hydrogen-bond donors (Lipinski definition) is 0. The Bertz CT molecular complexity index is 367. The van der Waals surface area contributed by atoms with Gasteiger partial charge in [0.1, 0.15) is 6.29 Å². The third-order valence-electron chi connectivity index (χ3n) is 4.63. The Kier molecular flexibility index (Phi) is 4.89. The van der Waals surface area contributed by atoms with Gasteiger partial charge in [-0.2, -0.15) is 0 Å². The maximum Gasteiger partial charge on any atom is 0.410 e. The predicted octanol–water partition coefficient (Wildman–Crippen LogP) is 3.15. The molecule has 1 amide bonds. The molecule has 2 bridgehead atoms. The second kappa shape index (κ2) is 6.29. The Balaban J connectivity index is 1.91. The van der Waals surface area contributed by atoms with Crippen LogP contribution >= 0.6 is 0 Å². The van der Waals surface area contributed by atoms with Gasteiger partial charge in [0.05, 0.1) is 6.61 Å². The third kappa shape index (κ3) is 3.84. The van der Waals surface area contributed by atoms with Gasteiger partial charge in [-0.3, -0.25) is 0 Å². The standard InChI is InChI=1S/C15H27NO3Si/c1-20(2,3)9-8-19-15(18)16-11-12-4-5-13(10-12)14(16)6-7-17/h7,12-14H,4-6,8-11H2,1-3H3/t12-,13+,14+/m0/s1. The lowest BCUT2D eigenvalue weighted by Gasteiger charge is -2.38. The molecule has 114 valence electrons. The minimum atomic E-state index is -1.17. The van der Waals surface area contributed by atoms with E-state index in [1.54, 1.807) is 0 Å². The lowest BCUT2D eigenvalue weighted by Crippen LogP contribution is -2.49. The van der Waals surface area contributed by atoms with E-state index >= 15 is 0 Å². The number of piperidine rings is 1. The van der Waals surface area contributed by atoms with E-state index in [0.717, 1.165) is 25.3 Å². The SMILES string of the molecule is C[Si](C)(C)CCOC(=O)N1C[C@H]2CC[C@H](C2)[C@H]1CC=O. The second-order valence-electron chi connectivity index (χ2n) is 7.49. The van der Waals surface area contributed by atoms with E-state index in [0.29, 0.717) is 24.9 Å². The molecule has 1 aliphatic heterocycles. The number of hydrogen-bond acceptors (Lipinski definition) is 3. The Morgan fingerprint density at radius 2 is 2.10 bits per heavy atom. The van der Waals surface area contributed by atoms with Crippen molar-refractivity contribution in [1.29, 1.82) is 0 Å². The second-order valence-corrected chi connectivity index (χ2v) is 13.1. The molecule has 0 N–H and O–H groups in total. The quantitative estimate of drug-likeness (QED) is 0.578. The normalized spacial score (nSPS) is 29.4. The highest BCUT2D eigenvalue weighted by Gasteiger charge is 2.42. The molecule has 0 unspecified atom stereocenters. The van der Waals surface area contributed by atoms with Crippen LogP contribution < -0.4 is 0 Å². The van der Waals surface area contributed by atoms with Crippen LogP contribution in [0.2, 0.25) is 25.7 Å². The molecule has 0 aromatic heterocycles. The van der Waals surface area contributed by atoms with Crippen LogP contribution in [0.3, 0.4) is 0 Å². The van der Waals surface area contributed by atoms with E-state index < -0.39 is 8.07 Å². The molecule has 0 spiro atoms. The van der Waals surface area contributed by atoms with Crippen LogP contribution in [0, 0.1) is 11.8 Å². The molecule has 4 nitrogen and oxygen atoms in total. The fraction of sp³-hybridized carbons (Fsp3) is 0.867. The summed E-state index contributed by atoms with van der Waals surface area (Å²) >= 11 is 0. The van der Waals surface area contributed by atoms with Gasteiger partial charge in [-0.25, -0.2) is 4.79 Å². The van der Waals surface area contributed by atoms with Crippen molar-refractivity contribution in [3.8, 4) is 0 Å². The minimum absolute atomic E-state index is 0.0747. The zero-order valence-corrected chi connectivity index (χ0v) is 13.9. The van der Waals surface area contributed by atoms with E-state index in [1.807, 2.05) is 4.90 Å². The van der Waals surface area contributed by atoms with Crippen molar-refractivity contribution >= 4 is 20.5 Å². The number of rotatable bonds is 5. The van der Waals surface area contributed by atoms with Crippen molar-refractivity contribution in [3.05, 3.63) is 0 Å². The van der Waals surface area contributed by atoms with Crippen LogP contribution in [0.15, 0.2) is 0 Å². The largest absolute Gasteiger partial charge is 0.450 e. The average Bonchev–Trinajstić information content (AvgIpc) is 2.74. The van der Waals surface area contributed by atoms with Gasteiger partial charge in [-0.1, -0.05) is 19.6 Å². The first-order chi connectivity index (χ1) is 9.40. The summed E-state index contributed by atoms with van der Waals surface area (Å²) in [7, 11) is -1.17. The first-order valence-corrected chi connectivity index (χ1v) is 11.5. The van der Waals surface area contributed by atoms with Gasteiger partial charge in [0.25, 0.3) is 0 Å². The maximum atomic E-state index is 12.3. The van der Waals surface area contributed by atoms with Crippen LogP contribution in [-0.4, -0.2) is 44.5 Å². The first kappa shape index (κ1) is 15.5. The van der Waals surface area contributed by atoms with E-state index in [9.17, 15) is 9.59 Å². The van der Waals surface area contributed by atoms with Gasteiger partial charge in [-0.05, 0) is 37.1 Å². The van der Waals surface area contributed by atoms with Gasteiger partial charge in [0.15, 0.2) is 0 Å². The summed E-state index contributed by atoms with van der Waals surface area (Å²) < 4.78 is 5.46. The molecule has 1 heterocycles. The van der Waals surface area contributed by atoms with Gasteiger partial charge in [0, 0.05) is 27.1 Å². The number of carbonyl (C=O) groups excluding carboxylic acids is 2. The number of fused-ring (bicyclic) bond motifs is 2. The number of ether oxygens (including phenoxy) is 1. The number of likely N-dealkylation sites (tertiary alicyclic amines) is 1. The molecule has 5 heteroatoms. The van der Waals surface area contributed by atoms with Gasteiger partial charge in [-0.15, -0.1) is 0 Å². The Morgan fingerprint density at radius 3 is 2.75 bits per heavy atom. The molecule has 0 aromatic carbocycles. The van der Waals surface area contributed by atoms with Crippen molar-refractivity contribution in [3.63, 3.8) is 0 Å². The first-order valence-electron chi connectivity index (χ1n) is 7.78. The number of nitrogens with zero attached hydrogens (tertiary/aromatic N) is 1. The number of amides is 1. The molecule has 3 atom stereocenters. The van der Waals surface area contributed by atoms with Gasteiger partial charge >= 0.3 is 6.09 Å². The lowest BCUT2D eigenvalue weighted by molar-refractivity contribution is -0.109. The van der Waals surface area contributed by atoms with Crippen molar-refractivity contribution in [2.24, 2.45) is 11.8 Å². The summed E-state index contributed by atoms with van der Waals surface area (Å²) in [5, 5.41) is 0. The smallest absolute Gasteiger partial charge is 0.410 e. The molecule has 2 aliphatic rings. The number of carbonyl (C=O) groups is 2. The molecule has 2 rings (SSSR count). The fourth-order valence-electron chi connectivity index (χ4n) is 3.45. The molecule has 1 saturated heterocycles. The highest BCUT2D eigenvalue weighted by molar-refractivity contribution is 6.76. The predicted molar refractivity (Wildman–Crippen MR) is 81.5 cm³/mol. The monoisotopic (exact) mass is 297 g/mol. The minimum Gasteiger partial charge on any atom is -0.450 e. The zero-order chi connectivity index (χ0) is 14.8. The van der Waals surface area contributed by atoms with Crippen LogP contribution in [0.4, 0.5) is 4.79 Å². The molecule has 20 heavy (non-hydrogen) atoms. The summed E-state index contributed by atoms with van der Waals surface area (Å²) in [6.45, 7) is 8.13. The third-order valence-corrected chi connectivity index (χ3v) is 6.34. The van der Waals surface area contributed by atoms with Crippen LogP contribution in [0.25, 0.3) is 0 Å². The molecule has 2 fully saturated rings. The molecule has 0 aromatic rings. The Labute approximate surface area is 122 Å². The molecule has 0 radical (unpaired) electrons. The highest BCUT2D eigenvalue weighted by Crippen LogP contribution is 2.41. The summed E-state index contributed by atoms with van der Waals surface area (Å²) in [6, 6.07) is 1.07. The van der Waals surface area contributed by atoms with Crippen LogP contribution in [0.1, 0.15) is 25.7 Å². The Hall–Kier alpha value is -0.843. The van der Waals surface area contributed by atoms with Gasteiger partial charge < -0.3 is 14.4 Å². The molecular formula is C15H27NO3Si. The van der Waals surface area contributed by atoms with Crippen LogP contribution in [0.5, 0.6) is 0 Å². The van der Waals surface area contributed by atoms with Crippen molar-refractivity contribution in [2.75, 3.05) is 13.2 Å². The van der Waals surface area contributed by atoms with E-state index in [-0.39, 0.29) is 12.1 Å². The summed E-state index contributed by atoms with van der Waals surface area (Å²) in [5.74, 6) is 1.12. The fourth-order valence-corrected chi connectivity index (χ4v) is 4.17. The summed E-state index contributed by atoms with van der Waals surface area (Å²) in [4.78, 5) is 25.0. The van der Waals surface area contributed by atoms with Crippen molar-refractivity contribution in [2.45, 2.75) is 57.4 Å². The summed E-state index contributed by atoms with van der Waals surface area (Å²) in [5.41, 5.74) is 0. The summed E-state index contributed by atoms with van der Waals surface area (Å²) in [6.07, 6.45) is 4.73. The van der Waals surface area contributed by atoms with Gasteiger partial charge in [0.2, 0.25) is 0 Å². The molecular weight excluding hydrogens is 270 g/mol. The van der Waals surface area contributed by atoms with Crippen LogP contribution in [-0.2, 0) is 9.53 Å². The number of aldehydes is 1. The maximum absolute atomic E-state index is 12.3. The van der Waals surface area contributed by atoms with Crippen molar-refractivity contribution in [1.82, 2.24) is 4.90 Å². The molecule has 1 aliphatic carbocycles. The van der Waals surface area contributed by atoms with E-state index in [4.69, 9.17) is 4.74 Å². The van der Waals surface area contributed by atoms with E-state index in [2.05, 4.69) is 19.6 Å². The van der Waals surface area contributed by atoms with E-state index in [1.165, 1.54) is 12.8 Å². The highest BCUT2D eigenvalue weighted by atomic mass is 28.3. The average molecular weight is 297 g/mol. The Morgan fingerprint density at radius 1 is 1.35 bits per heavy atom. The topological polar surface area (TPSA) is 46.6 Å². The van der Waals surface area contributed by atoms with Crippen molar-refractivity contribution < 1.29 is 14.3 Å². The zero-order valence-electron chi connectivity index (χ0n) is 12.9. The lowest BCUT2D eigenvalue weighted by atomic mass is 9.89. The molecule has 1 saturated carbocycles.